The molecule has 0 aromatic heterocycles. The lowest BCUT2D eigenvalue weighted by atomic mass is 10.1. The van der Waals surface area contributed by atoms with Crippen molar-refractivity contribution in [3.63, 3.8) is 0 Å². The summed E-state index contributed by atoms with van der Waals surface area (Å²) in [6, 6.07) is 0.0282. The molecule has 0 aromatic rings. The normalized spacial score (nSPS) is 24.4. The number of hydrogen-bond donors (Lipinski definition) is 1. The summed E-state index contributed by atoms with van der Waals surface area (Å²) in [7, 11) is 0. The zero-order valence-electron chi connectivity index (χ0n) is 12.2. The summed E-state index contributed by atoms with van der Waals surface area (Å²) in [4.78, 5) is 2.33. The molecule has 2 rings (SSSR count). The second kappa shape index (κ2) is 6.87. The first-order valence-electron chi connectivity index (χ1n) is 6.84. The van der Waals surface area contributed by atoms with Gasteiger partial charge in [-0.2, -0.15) is 0 Å². The van der Waals surface area contributed by atoms with Gasteiger partial charge in [0.25, 0.3) is 0 Å². The summed E-state index contributed by atoms with van der Waals surface area (Å²) < 4.78 is 10.0. The van der Waals surface area contributed by atoms with E-state index in [-0.39, 0.29) is 10.8 Å². The zero-order chi connectivity index (χ0) is 14.6. The van der Waals surface area contributed by atoms with Crippen molar-refractivity contribution in [1.29, 1.82) is 0 Å². The molecular formula is C14H22ClN3OS. The molecule has 2 aliphatic rings. The Balaban J connectivity index is 2.05. The summed E-state index contributed by atoms with van der Waals surface area (Å²) >= 11 is 7.65. The number of morpholine rings is 1. The minimum absolute atomic E-state index is 0.0282. The minimum Gasteiger partial charge on any atom is -0.378 e. The van der Waals surface area contributed by atoms with Gasteiger partial charge in [0.1, 0.15) is 11.2 Å². The molecule has 2 aliphatic heterocycles. The van der Waals surface area contributed by atoms with Crippen LogP contribution in [0.3, 0.4) is 0 Å². The highest BCUT2D eigenvalue weighted by Gasteiger charge is 2.23. The highest BCUT2D eigenvalue weighted by Crippen LogP contribution is 2.25. The number of rotatable bonds is 3. The van der Waals surface area contributed by atoms with E-state index < -0.39 is 0 Å². The number of allylic oxidation sites excluding steroid dienone is 2. The van der Waals surface area contributed by atoms with Crippen LogP contribution in [0, 0.1) is 0 Å². The van der Waals surface area contributed by atoms with Crippen LogP contribution in [-0.2, 0) is 4.74 Å². The van der Waals surface area contributed by atoms with Gasteiger partial charge < -0.3 is 15.0 Å². The fourth-order valence-electron chi connectivity index (χ4n) is 2.02. The number of ether oxygens (including phenoxy) is 1. The average Bonchev–Trinajstić information content (AvgIpc) is 2.38. The van der Waals surface area contributed by atoms with E-state index in [4.69, 9.17) is 16.3 Å². The Labute approximate surface area is 130 Å². The predicted molar refractivity (Wildman–Crippen MR) is 87.2 cm³/mol. The van der Waals surface area contributed by atoms with Gasteiger partial charge in [0.15, 0.2) is 0 Å². The van der Waals surface area contributed by atoms with Crippen LogP contribution >= 0.6 is 23.5 Å². The molecular weight excluding hydrogens is 294 g/mol. The highest BCUT2D eigenvalue weighted by atomic mass is 35.5. The summed E-state index contributed by atoms with van der Waals surface area (Å²) in [5.74, 6) is 0. The van der Waals surface area contributed by atoms with Crippen molar-refractivity contribution in [2.45, 2.75) is 31.6 Å². The Morgan fingerprint density at radius 3 is 2.75 bits per heavy atom. The van der Waals surface area contributed by atoms with Crippen molar-refractivity contribution in [2.75, 3.05) is 26.3 Å². The molecule has 0 saturated carbocycles. The smallest absolute Gasteiger partial charge is 0.103 e. The van der Waals surface area contributed by atoms with E-state index in [0.29, 0.717) is 5.16 Å². The second-order valence-electron chi connectivity index (χ2n) is 5.79. The topological polar surface area (TPSA) is 36.9 Å². The fourth-order valence-corrected chi connectivity index (χ4v) is 2.70. The fraction of sp³-hybridized carbons (Fsp3) is 0.643. The lowest BCUT2D eigenvalue weighted by Crippen LogP contribution is -2.45. The SMILES string of the molecule is CC(C)(C)S/N=C/C1NC(Cl)=CC=C1N1CCOCC1. The molecule has 1 unspecified atom stereocenters. The van der Waals surface area contributed by atoms with Crippen molar-refractivity contribution in [1.82, 2.24) is 10.2 Å². The van der Waals surface area contributed by atoms with E-state index in [2.05, 4.69) is 41.5 Å². The van der Waals surface area contributed by atoms with Crippen molar-refractivity contribution < 1.29 is 4.74 Å². The van der Waals surface area contributed by atoms with Crippen LogP contribution < -0.4 is 5.32 Å². The Bertz CT molecular complexity index is 423. The minimum atomic E-state index is 0.0282. The van der Waals surface area contributed by atoms with Gasteiger partial charge in [-0.05, 0) is 44.9 Å². The third-order valence-electron chi connectivity index (χ3n) is 2.93. The average molecular weight is 316 g/mol. The number of halogens is 1. The first kappa shape index (κ1) is 15.7. The second-order valence-corrected chi connectivity index (χ2v) is 7.81. The number of nitrogens with one attached hydrogen (secondary N) is 1. The maximum absolute atomic E-state index is 6.08. The van der Waals surface area contributed by atoms with Crippen molar-refractivity contribution in [3.05, 3.63) is 23.0 Å². The van der Waals surface area contributed by atoms with Gasteiger partial charge in [0.2, 0.25) is 0 Å². The number of nitrogens with zero attached hydrogens (tertiary/aromatic N) is 2. The molecule has 2 heterocycles. The molecule has 0 bridgehead atoms. The Morgan fingerprint density at radius 2 is 2.10 bits per heavy atom. The van der Waals surface area contributed by atoms with Crippen LogP contribution in [0.5, 0.6) is 0 Å². The van der Waals surface area contributed by atoms with E-state index in [1.165, 1.54) is 5.70 Å². The van der Waals surface area contributed by atoms with Crippen LogP contribution in [0.15, 0.2) is 27.4 Å². The number of hydrogen-bond acceptors (Lipinski definition) is 5. The predicted octanol–water partition coefficient (Wildman–Crippen LogP) is 2.77. The molecule has 112 valence electrons. The van der Waals surface area contributed by atoms with E-state index in [0.717, 1.165) is 26.3 Å². The van der Waals surface area contributed by atoms with Crippen molar-refractivity contribution >= 4 is 29.8 Å². The van der Waals surface area contributed by atoms with Crippen molar-refractivity contribution in [3.8, 4) is 0 Å². The summed E-state index contributed by atoms with van der Waals surface area (Å²) in [5.41, 5.74) is 1.20. The van der Waals surface area contributed by atoms with Crippen LogP contribution in [0.4, 0.5) is 0 Å². The van der Waals surface area contributed by atoms with Crippen LogP contribution in [-0.4, -0.2) is 48.2 Å². The standard InChI is InChI=1S/C14H22ClN3OS/c1-14(2,3)20-16-10-11-12(4-5-13(15)17-11)18-6-8-19-9-7-18/h4-5,10-11,17H,6-9H2,1-3H3/b16-10+. The molecule has 0 aliphatic carbocycles. The lowest BCUT2D eigenvalue weighted by molar-refractivity contribution is 0.0516. The van der Waals surface area contributed by atoms with Crippen LogP contribution in [0.2, 0.25) is 0 Å². The van der Waals surface area contributed by atoms with Gasteiger partial charge in [-0.3, -0.25) is 0 Å². The van der Waals surface area contributed by atoms with Gasteiger partial charge in [-0.1, -0.05) is 11.6 Å². The van der Waals surface area contributed by atoms with Crippen LogP contribution in [0.1, 0.15) is 20.8 Å². The van der Waals surface area contributed by atoms with Crippen molar-refractivity contribution in [2.24, 2.45) is 4.40 Å². The third kappa shape index (κ3) is 4.72. The van der Waals surface area contributed by atoms with E-state index >= 15 is 0 Å². The largest absolute Gasteiger partial charge is 0.378 e. The summed E-state index contributed by atoms with van der Waals surface area (Å²) in [5, 5.41) is 3.92. The van der Waals surface area contributed by atoms with Gasteiger partial charge >= 0.3 is 0 Å². The summed E-state index contributed by atoms with van der Waals surface area (Å²) in [6.07, 6.45) is 5.91. The molecule has 1 N–H and O–H groups in total. The molecule has 6 heteroatoms. The Morgan fingerprint density at radius 1 is 1.40 bits per heavy atom. The summed E-state index contributed by atoms with van der Waals surface area (Å²) in [6.45, 7) is 9.81. The molecule has 0 amide bonds. The first-order valence-corrected chi connectivity index (χ1v) is 7.99. The first-order chi connectivity index (χ1) is 9.46. The molecule has 20 heavy (non-hydrogen) atoms. The van der Waals surface area contributed by atoms with Gasteiger partial charge in [0.05, 0.1) is 13.2 Å². The maximum atomic E-state index is 6.08. The Hall–Kier alpha value is -0.650. The third-order valence-corrected chi connectivity index (χ3v) is 3.94. The van der Waals surface area contributed by atoms with E-state index in [1.807, 2.05) is 12.3 Å². The van der Waals surface area contributed by atoms with E-state index in [1.54, 1.807) is 11.9 Å². The van der Waals surface area contributed by atoms with Gasteiger partial charge in [-0.15, -0.1) is 0 Å². The van der Waals surface area contributed by atoms with Crippen LogP contribution in [0.25, 0.3) is 0 Å². The lowest BCUT2D eigenvalue weighted by Gasteiger charge is -2.35. The molecule has 0 radical (unpaired) electrons. The number of dihydropyridines is 1. The van der Waals surface area contributed by atoms with Gasteiger partial charge in [-0.25, -0.2) is 4.40 Å². The molecule has 1 fully saturated rings. The maximum Gasteiger partial charge on any atom is 0.103 e. The zero-order valence-corrected chi connectivity index (χ0v) is 13.8. The van der Waals surface area contributed by atoms with E-state index in [9.17, 15) is 0 Å². The monoisotopic (exact) mass is 315 g/mol. The Kier molecular flexibility index (Phi) is 5.41. The highest BCUT2D eigenvalue weighted by molar-refractivity contribution is 7.99. The van der Waals surface area contributed by atoms with Gasteiger partial charge in [0, 0.05) is 29.7 Å². The quantitative estimate of drug-likeness (QED) is 0.493. The molecule has 4 nitrogen and oxygen atoms in total. The molecule has 1 atom stereocenters. The molecule has 0 spiro atoms. The molecule has 1 saturated heterocycles. The molecule has 0 aromatic carbocycles.